The van der Waals surface area contributed by atoms with Crippen LogP contribution in [0.2, 0.25) is 0 Å². The van der Waals surface area contributed by atoms with Crippen molar-refractivity contribution in [3.63, 3.8) is 0 Å². The van der Waals surface area contributed by atoms with Gasteiger partial charge in [0.25, 0.3) is 0 Å². The van der Waals surface area contributed by atoms with E-state index in [1.165, 1.54) is 55.9 Å². The SMILES string of the molecule is Cc1ccc(-c2ccc(-c3cc[n+](C)c(-c4cccc(-c5cccc[n+]5C)c4C)c3)cc2)cc1. The third kappa shape index (κ3) is 4.15. The number of aryl methyl sites for hydroxylation is 3. The first-order valence-corrected chi connectivity index (χ1v) is 11.7. The molecule has 2 heteroatoms. The molecule has 5 rings (SSSR count). The number of nitrogens with zero attached hydrogens (tertiary/aromatic N) is 2. The zero-order valence-corrected chi connectivity index (χ0v) is 20.3. The van der Waals surface area contributed by atoms with E-state index >= 15 is 0 Å². The molecule has 2 heterocycles. The summed E-state index contributed by atoms with van der Waals surface area (Å²) in [4.78, 5) is 0. The minimum absolute atomic E-state index is 1.21. The van der Waals surface area contributed by atoms with Gasteiger partial charge in [-0.3, -0.25) is 0 Å². The molecule has 2 nitrogen and oxygen atoms in total. The Morgan fingerprint density at radius 3 is 1.68 bits per heavy atom. The van der Waals surface area contributed by atoms with Gasteiger partial charge in [0.1, 0.15) is 14.1 Å². The Hall–Kier alpha value is -4.04. The molecule has 0 fully saturated rings. The smallest absolute Gasteiger partial charge is 0.201 e. The molecular formula is C32H30N2+2. The average Bonchev–Trinajstić information content (AvgIpc) is 2.86. The molecule has 0 aliphatic heterocycles. The van der Waals surface area contributed by atoms with Crippen molar-refractivity contribution in [2.45, 2.75) is 13.8 Å². The molecule has 0 aliphatic carbocycles. The Labute approximate surface area is 202 Å². The van der Waals surface area contributed by atoms with Crippen LogP contribution in [0.5, 0.6) is 0 Å². The largest absolute Gasteiger partial charge is 0.213 e. The molecule has 3 aromatic carbocycles. The second kappa shape index (κ2) is 9.07. The van der Waals surface area contributed by atoms with Crippen molar-refractivity contribution in [2.24, 2.45) is 14.1 Å². The van der Waals surface area contributed by atoms with E-state index in [1.54, 1.807) is 0 Å². The minimum atomic E-state index is 1.21. The Morgan fingerprint density at radius 2 is 1.03 bits per heavy atom. The number of benzene rings is 3. The molecule has 34 heavy (non-hydrogen) atoms. The Kier molecular flexibility index (Phi) is 5.81. The second-order valence-electron chi connectivity index (χ2n) is 9.03. The molecule has 0 saturated heterocycles. The van der Waals surface area contributed by atoms with E-state index in [1.807, 2.05) is 0 Å². The first-order valence-electron chi connectivity index (χ1n) is 11.7. The molecule has 0 bridgehead atoms. The highest BCUT2D eigenvalue weighted by atomic mass is 14.9. The first kappa shape index (κ1) is 21.8. The third-order valence-corrected chi connectivity index (χ3v) is 6.69. The maximum Gasteiger partial charge on any atom is 0.213 e. The van der Waals surface area contributed by atoms with Crippen molar-refractivity contribution in [3.05, 3.63) is 121 Å². The molecule has 166 valence electrons. The van der Waals surface area contributed by atoms with Crippen LogP contribution in [0, 0.1) is 13.8 Å². The molecule has 0 unspecified atom stereocenters. The quantitative estimate of drug-likeness (QED) is 0.276. The summed E-state index contributed by atoms with van der Waals surface area (Å²) in [5.41, 5.74) is 12.4. The monoisotopic (exact) mass is 442 g/mol. The molecule has 0 atom stereocenters. The van der Waals surface area contributed by atoms with Gasteiger partial charge in [0.15, 0.2) is 12.4 Å². The van der Waals surface area contributed by atoms with E-state index in [2.05, 4.69) is 147 Å². The van der Waals surface area contributed by atoms with Crippen molar-refractivity contribution < 1.29 is 9.13 Å². The van der Waals surface area contributed by atoms with Crippen LogP contribution in [-0.4, -0.2) is 0 Å². The van der Waals surface area contributed by atoms with Crippen molar-refractivity contribution >= 4 is 0 Å². The summed E-state index contributed by atoms with van der Waals surface area (Å²) in [6.45, 7) is 4.35. The number of aromatic nitrogens is 2. The first-order chi connectivity index (χ1) is 16.5. The van der Waals surface area contributed by atoms with Gasteiger partial charge in [0.05, 0.1) is 0 Å². The lowest BCUT2D eigenvalue weighted by Gasteiger charge is -2.11. The predicted molar refractivity (Wildman–Crippen MR) is 140 cm³/mol. The number of pyridine rings is 2. The molecular weight excluding hydrogens is 412 g/mol. The lowest BCUT2D eigenvalue weighted by molar-refractivity contribution is -0.660. The molecule has 0 aliphatic rings. The lowest BCUT2D eigenvalue weighted by Crippen LogP contribution is -2.31. The van der Waals surface area contributed by atoms with Crippen LogP contribution >= 0.6 is 0 Å². The Balaban J connectivity index is 1.54. The summed E-state index contributed by atoms with van der Waals surface area (Å²) in [5.74, 6) is 0. The van der Waals surface area contributed by atoms with Gasteiger partial charge in [-0.25, -0.2) is 9.13 Å². The van der Waals surface area contributed by atoms with E-state index in [4.69, 9.17) is 0 Å². The summed E-state index contributed by atoms with van der Waals surface area (Å²) in [5, 5.41) is 0. The van der Waals surface area contributed by atoms with Gasteiger partial charge in [-0.2, -0.15) is 0 Å². The fraction of sp³-hybridized carbons (Fsp3) is 0.125. The summed E-state index contributed by atoms with van der Waals surface area (Å²) in [6, 6.07) is 35.0. The Morgan fingerprint density at radius 1 is 0.471 bits per heavy atom. The van der Waals surface area contributed by atoms with Gasteiger partial charge in [0.2, 0.25) is 11.4 Å². The van der Waals surface area contributed by atoms with Crippen LogP contribution in [0.3, 0.4) is 0 Å². The van der Waals surface area contributed by atoms with Gasteiger partial charge >= 0.3 is 0 Å². The van der Waals surface area contributed by atoms with Crippen molar-refractivity contribution in [1.82, 2.24) is 0 Å². The highest BCUT2D eigenvalue weighted by Gasteiger charge is 2.19. The van der Waals surface area contributed by atoms with E-state index < -0.39 is 0 Å². The number of hydrogen-bond acceptors (Lipinski definition) is 0. The predicted octanol–water partition coefficient (Wildman–Crippen LogP) is 6.62. The summed E-state index contributed by atoms with van der Waals surface area (Å²) in [7, 11) is 4.22. The van der Waals surface area contributed by atoms with Crippen molar-refractivity contribution in [3.8, 4) is 44.8 Å². The zero-order valence-electron chi connectivity index (χ0n) is 20.3. The molecule has 0 radical (unpaired) electrons. The summed E-state index contributed by atoms with van der Waals surface area (Å²) in [6.07, 6.45) is 4.26. The summed E-state index contributed by atoms with van der Waals surface area (Å²) >= 11 is 0. The normalized spacial score (nSPS) is 10.9. The standard InChI is InChI=1S/C32H30N2/c1-23-11-13-25(14-12-23)26-15-17-27(18-16-26)28-19-21-34(4)32(22-28)30-9-7-8-29(24(30)2)31-10-5-6-20-33(31)3/h5-22H,1-4H3/q+2. The van der Waals surface area contributed by atoms with Crippen LogP contribution in [0.25, 0.3) is 44.8 Å². The van der Waals surface area contributed by atoms with Crippen LogP contribution in [0.15, 0.2) is 109 Å². The number of rotatable bonds is 4. The van der Waals surface area contributed by atoms with Crippen molar-refractivity contribution in [2.75, 3.05) is 0 Å². The van der Waals surface area contributed by atoms with E-state index in [9.17, 15) is 0 Å². The number of hydrogen-bond donors (Lipinski definition) is 0. The maximum absolute atomic E-state index is 2.30. The van der Waals surface area contributed by atoms with Crippen molar-refractivity contribution in [1.29, 1.82) is 0 Å². The highest BCUT2D eigenvalue weighted by molar-refractivity contribution is 5.76. The molecule has 0 spiro atoms. The molecule has 0 N–H and O–H groups in total. The second-order valence-corrected chi connectivity index (χ2v) is 9.03. The van der Waals surface area contributed by atoms with Crippen LogP contribution in [-0.2, 0) is 14.1 Å². The zero-order chi connectivity index (χ0) is 23.7. The topological polar surface area (TPSA) is 7.76 Å². The van der Waals surface area contributed by atoms with Gasteiger partial charge in [-0.15, -0.1) is 0 Å². The van der Waals surface area contributed by atoms with E-state index in [-0.39, 0.29) is 0 Å². The van der Waals surface area contributed by atoms with Gasteiger partial charge in [0, 0.05) is 35.4 Å². The fourth-order valence-electron chi connectivity index (χ4n) is 4.61. The lowest BCUT2D eigenvalue weighted by atomic mass is 9.95. The van der Waals surface area contributed by atoms with Gasteiger partial charge in [-0.05, 0) is 59.9 Å². The third-order valence-electron chi connectivity index (χ3n) is 6.69. The minimum Gasteiger partial charge on any atom is -0.201 e. The van der Waals surface area contributed by atoms with E-state index in [0.717, 1.165) is 0 Å². The van der Waals surface area contributed by atoms with Gasteiger partial charge < -0.3 is 0 Å². The molecule has 2 aromatic heterocycles. The van der Waals surface area contributed by atoms with Crippen LogP contribution < -0.4 is 9.13 Å². The van der Waals surface area contributed by atoms with Gasteiger partial charge in [-0.1, -0.05) is 60.2 Å². The molecule has 5 aromatic rings. The van der Waals surface area contributed by atoms with E-state index in [0.29, 0.717) is 0 Å². The maximum atomic E-state index is 2.30. The van der Waals surface area contributed by atoms with Crippen LogP contribution in [0.1, 0.15) is 11.1 Å². The Bertz CT molecular complexity index is 1460. The highest BCUT2D eigenvalue weighted by Crippen LogP contribution is 2.31. The molecule has 0 amide bonds. The fourth-order valence-corrected chi connectivity index (χ4v) is 4.61. The van der Waals surface area contributed by atoms with Crippen LogP contribution in [0.4, 0.5) is 0 Å². The molecule has 0 saturated carbocycles. The summed E-state index contributed by atoms with van der Waals surface area (Å²) < 4.78 is 4.39. The average molecular weight is 443 g/mol.